The van der Waals surface area contributed by atoms with E-state index in [1.165, 1.54) is 0 Å². The summed E-state index contributed by atoms with van der Waals surface area (Å²) in [5.41, 5.74) is 6.50. The molecule has 2 aromatic rings. The van der Waals surface area contributed by atoms with Gasteiger partial charge in [0.25, 0.3) is 0 Å². The minimum Gasteiger partial charge on any atom is -0.449 e. The molecule has 0 atom stereocenters. The zero-order valence-corrected chi connectivity index (χ0v) is 11.0. The molecule has 18 heavy (non-hydrogen) atoms. The van der Waals surface area contributed by atoms with Crippen molar-refractivity contribution in [1.82, 2.24) is 19.7 Å². The Balaban J connectivity index is 2.08. The first-order chi connectivity index (χ1) is 8.74. The van der Waals surface area contributed by atoms with E-state index in [9.17, 15) is 0 Å². The fraction of sp³-hybridized carbons (Fsp3) is 0.364. The van der Waals surface area contributed by atoms with Gasteiger partial charge in [-0.1, -0.05) is 17.8 Å². The molecule has 2 heterocycles. The molecular weight excluding hydrogens is 250 g/mol. The summed E-state index contributed by atoms with van der Waals surface area (Å²) < 4.78 is 7.10. The lowest BCUT2D eigenvalue weighted by atomic mass is 10.5. The van der Waals surface area contributed by atoms with Crippen LogP contribution in [0.5, 0.6) is 0 Å². The molecule has 96 valence electrons. The summed E-state index contributed by atoms with van der Waals surface area (Å²) in [5, 5.41) is 8.98. The van der Waals surface area contributed by atoms with E-state index in [0.717, 1.165) is 16.7 Å². The number of hydrogen-bond acceptors (Lipinski definition) is 6. The van der Waals surface area contributed by atoms with Crippen molar-refractivity contribution < 1.29 is 4.42 Å². The summed E-state index contributed by atoms with van der Waals surface area (Å²) in [6, 6.07) is 0. The second-order valence-electron chi connectivity index (χ2n) is 3.65. The molecule has 0 fully saturated rings. The van der Waals surface area contributed by atoms with E-state index < -0.39 is 0 Å². The molecule has 2 rings (SSSR count). The molecule has 0 aliphatic rings. The standard InChI is InChI=1S/C11H15N5OS/c1-3-4-16-10(5-12)14-15-11(16)18-7-9-6-17-8(2)13-9/h3,6H,1,4-5,7,12H2,2H3. The summed E-state index contributed by atoms with van der Waals surface area (Å²) in [7, 11) is 0. The number of aryl methyl sites for hydroxylation is 1. The van der Waals surface area contributed by atoms with Crippen LogP contribution >= 0.6 is 11.8 Å². The van der Waals surface area contributed by atoms with Crippen molar-refractivity contribution in [3.05, 3.63) is 36.3 Å². The molecule has 0 aliphatic carbocycles. The van der Waals surface area contributed by atoms with Crippen LogP contribution in [0.15, 0.2) is 28.5 Å². The molecular formula is C11H15N5OS. The van der Waals surface area contributed by atoms with Gasteiger partial charge in [0.15, 0.2) is 11.0 Å². The van der Waals surface area contributed by atoms with Gasteiger partial charge in [-0.05, 0) is 0 Å². The molecule has 2 aromatic heterocycles. The highest BCUT2D eigenvalue weighted by molar-refractivity contribution is 7.98. The van der Waals surface area contributed by atoms with Gasteiger partial charge in [-0.25, -0.2) is 4.98 Å². The van der Waals surface area contributed by atoms with E-state index in [-0.39, 0.29) is 0 Å². The van der Waals surface area contributed by atoms with Gasteiger partial charge in [0.2, 0.25) is 0 Å². The van der Waals surface area contributed by atoms with E-state index in [4.69, 9.17) is 10.2 Å². The minimum absolute atomic E-state index is 0.366. The lowest BCUT2D eigenvalue weighted by molar-refractivity contribution is 0.521. The van der Waals surface area contributed by atoms with Gasteiger partial charge >= 0.3 is 0 Å². The summed E-state index contributed by atoms with van der Waals surface area (Å²) in [6.07, 6.45) is 3.45. The third kappa shape index (κ3) is 2.80. The number of nitrogens with two attached hydrogens (primary N) is 1. The molecule has 0 unspecified atom stereocenters. The van der Waals surface area contributed by atoms with Crippen LogP contribution in [0.3, 0.4) is 0 Å². The third-order valence-electron chi connectivity index (χ3n) is 2.30. The summed E-state index contributed by atoms with van der Waals surface area (Å²) in [5.74, 6) is 2.12. The number of thioether (sulfide) groups is 1. The molecule has 0 amide bonds. The zero-order chi connectivity index (χ0) is 13.0. The highest BCUT2D eigenvalue weighted by atomic mass is 32.2. The Hall–Kier alpha value is -1.60. The summed E-state index contributed by atoms with van der Waals surface area (Å²) in [4.78, 5) is 4.24. The van der Waals surface area contributed by atoms with Crippen LogP contribution in [0.1, 0.15) is 17.4 Å². The quantitative estimate of drug-likeness (QED) is 0.629. The van der Waals surface area contributed by atoms with Crippen molar-refractivity contribution in [2.24, 2.45) is 5.73 Å². The van der Waals surface area contributed by atoms with Crippen LogP contribution in [-0.4, -0.2) is 19.7 Å². The predicted molar refractivity (Wildman–Crippen MR) is 68.9 cm³/mol. The lowest BCUT2D eigenvalue weighted by Crippen LogP contribution is -2.08. The third-order valence-corrected chi connectivity index (χ3v) is 3.30. The molecule has 0 aromatic carbocycles. The van der Waals surface area contributed by atoms with Crippen molar-refractivity contribution in [2.75, 3.05) is 0 Å². The SMILES string of the molecule is C=CCn1c(CN)nnc1SCc1coc(C)n1. The first-order valence-corrected chi connectivity index (χ1v) is 6.50. The van der Waals surface area contributed by atoms with E-state index in [1.54, 1.807) is 24.1 Å². The molecule has 0 bridgehead atoms. The Morgan fingerprint density at radius 3 is 3.00 bits per heavy atom. The van der Waals surface area contributed by atoms with Crippen LogP contribution in [0.2, 0.25) is 0 Å². The van der Waals surface area contributed by atoms with Crippen LogP contribution in [-0.2, 0) is 18.8 Å². The first-order valence-electron chi connectivity index (χ1n) is 5.51. The van der Waals surface area contributed by atoms with Crippen LogP contribution in [0.25, 0.3) is 0 Å². The van der Waals surface area contributed by atoms with Gasteiger partial charge in [-0.3, -0.25) is 0 Å². The number of allylic oxidation sites excluding steroid dienone is 1. The van der Waals surface area contributed by atoms with Crippen molar-refractivity contribution in [3.63, 3.8) is 0 Å². The predicted octanol–water partition coefficient (Wildman–Crippen LogP) is 1.51. The fourth-order valence-electron chi connectivity index (χ4n) is 1.50. The van der Waals surface area contributed by atoms with Gasteiger partial charge < -0.3 is 14.7 Å². The maximum absolute atomic E-state index is 5.61. The molecule has 0 spiro atoms. The average Bonchev–Trinajstić information content (AvgIpc) is 2.94. The fourth-order valence-corrected chi connectivity index (χ4v) is 2.35. The highest BCUT2D eigenvalue weighted by Gasteiger charge is 2.11. The molecule has 7 heteroatoms. The molecule has 0 aliphatic heterocycles. The van der Waals surface area contributed by atoms with E-state index in [0.29, 0.717) is 24.7 Å². The second-order valence-corrected chi connectivity index (χ2v) is 4.59. The minimum atomic E-state index is 0.366. The molecule has 0 radical (unpaired) electrons. The van der Waals surface area contributed by atoms with Crippen molar-refractivity contribution in [2.45, 2.75) is 30.9 Å². The maximum Gasteiger partial charge on any atom is 0.191 e. The van der Waals surface area contributed by atoms with Gasteiger partial charge in [-0.15, -0.1) is 16.8 Å². The van der Waals surface area contributed by atoms with Gasteiger partial charge in [-0.2, -0.15) is 0 Å². The molecule has 6 nitrogen and oxygen atoms in total. The zero-order valence-electron chi connectivity index (χ0n) is 10.2. The number of rotatable bonds is 6. The topological polar surface area (TPSA) is 82.8 Å². The van der Waals surface area contributed by atoms with E-state index in [1.807, 2.05) is 11.5 Å². The number of aromatic nitrogens is 4. The van der Waals surface area contributed by atoms with Gasteiger partial charge in [0.1, 0.15) is 12.1 Å². The highest BCUT2D eigenvalue weighted by Crippen LogP contribution is 2.21. The van der Waals surface area contributed by atoms with E-state index in [2.05, 4.69) is 21.8 Å². The number of nitrogens with zero attached hydrogens (tertiary/aromatic N) is 4. The maximum atomic E-state index is 5.61. The molecule has 2 N–H and O–H groups in total. The Bertz CT molecular complexity index is 533. The van der Waals surface area contributed by atoms with Crippen molar-refractivity contribution in [1.29, 1.82) is 0 Å². The largest absolute Gasteiger partial charge is 0.449 e. The van der Waals surface area contributed by atoms with Crippen LogP contribution in [0, 0.1) is 6.92 Å². The Morgan fingerprint density at radius 1 is 1.56 bits per heavy atom. The molecule has 0 saturated carbocycles. The second kappa shape index (κ2) is 5.83. The number of oxazole rings is 1. The lowest BCUT2D eigenvalue weighted by Gasteiger charge is -2.04. The molecule has 0 saturated heterocycles. The van der Waals surface area contributed by atoms with Gasteiger partial charge in [0, 0.05) is 19.2 Å². The monoisotopic (exact) mass is 265 g/mol. The normalized spacial score (nSPS) is 10.8. The van der Waals surface area contributed by atoms with Gasteiger partial charge in [0.05, 0.1) is 12.2 Å². The summed E-state index contributed by atoms with van der Waals surface area (Å²) >= 11 is 1.55. The van der Waals surface area contributed by atoms with Crippen LogP contribution in [0.4, 0.5) is 0 Å². The number of hydrogen-bond donors (Lipinski definition) is 1. The average molecular weight is 265 g/mol. The Morgan fingerprint density at radius 2 is 2.39 bits per heavy atom. The van der Waals surface area contributed by atoms with Crippen molar-refractivity contribution >= 4 is 11.8 Å². The summed E-state index contributed by atoms with van der Waals surface area (Å²) in [6.45, 7) is 6.56. The first kappa shape index (κ1) is 12.8. The Kier molecular flexibility index (Phi) is 4.16. The van der Waals surface area contributed by atoms with E-state index >= 15 is 0 Å². The van der Waals surface area contributed by atoms with Crippen LogP contribution < -0.4 is 5.73 Å². The smallest absolute Gasteiger partial charge is 0.191 e. The van der Waals surface area contributed by atoms with Crippen molar-refractivity contribution in [3.8, 4) is 0 Å². The Labute approximate surface area is 109 Å².